The first-order valence-electron chi connectivity index (χ1n) is 6.66. The minimum atomic E-state index is -3.73. The first-order valence-corrected chi connectivity index (χ1v) is 8.69. The van der Waals surface area contributed by atoms with E-state index in [-0.39, 0.29) is 4.90 Å². The Bertz CT molecular complexity index is 965. The van der Waals surface area contributed by atoms with E-state index in [0.717, 1.165) is 5.39 Å². The number of sulfone groups is 1. The number of nitrogens with one attached hydrogen (secondary N) is 2. The maximum atomic E-state index is 12.2. The van der Waals surface area contributed by atoms with E-state index < -0.39 is 21.5 Å². The van der Waals surface area contributed by atoms with Gasteiger partial charge in [-0.15, -0.1) is 0 Å². The largest absolute Gasteiger partial charge is 0.323 e. The second-order valence-corrected chi connectivity index (χ2v) is 7.33. The van der Waals surface area contributed by atoms with Crippen molar-refractivity contribution in [2.75, 3.05) is 11.1 Å². The van der Waals surface area contributed by atoms with Crippen LogP contribution in [0.1, 0.15) is 0 Å². The van der Waals surface area contributed by atoms with Gasteiger partial charge in [0.25, 0.3) is 0 Å². The summed E-state index contributed by atoms with van der Waals surface area (Å²) in [6.07, 6.45) is 1.62. The number of para-hydroxylation sites is 1. The summed E-state index contributed by atoms with van der Waals surface area (Å²) in [4.78, 5) is 12.1. The molecule has 0 spiro atoms. The summed E-state index contributed by atoms with van der Waals surface area (Å²) in [5.41, 5.74) is 1.13. The zero-order valence-corrected chi connectivity index (χ0v) is 13.4. The molecule has 0 aliphatic rings. The molecule has 2 N–H and O–H groups in total. The van der Waals surface area contributed by atoms with Crippen LogP contribution in [0.2, 0.25) is 5.02 Å². The number of benzene rings is 2. The fourth-order valence-corrected chi connectivity index (χ4v) is 3.42. The predicted molar refractivity (Wildman–Crippen MR) is 88.2 cm³/mol. The maximum Gasteiger partial charge on any atom is 0.240 e. The van der Waals surface area contributed by atoms with Crippen molar-refractivity contribution in [2.45, 2.75) is 4.90 Å². The molecule has 0 fully saturated rings. The molecule has 118 valence electrons. The van der Waals surface area contributed by atoms with Crippen LogP contribution in [-0.4, -0.2) is 30.3 Å². The smallest absolute Gasteiger partial charge is 0.240 e. The molecule has 0 saturated carbocycles. The number of nitrogens with zero attached hydrogens (tertiary/aromatic N) is 1. The zero-order valence-electron chi connectivity index (χ0n) is 11.8. The summed E-state index contributed by atoms with van der Waals surface area (Å²) in [5, 5.41) is 10.5. The number of carbonyl (C=O) groups excluding carboxylic acids is 1. The van der Waals surface area contributed by atoms with Gasteiger partial charge in [0.15, 0.2) is 9.84 Å². The van der Waals surface area contributed by atoms with Crippen molar-refractivity contribution in [3.05, 3.63) is 53.7 Å². The lowest BCUT2D eigenvalue weighted by molar-refractivity contribution is -0.113. The molecule has 3 rings (SSSR count). The number of aromatic nitrogens is 2. The molecule has 23 heavy (non-hydrogen) atoms. The van der Waals surface area contributed by atoms with Gasteiger partial charge in [-0.1, -0.05) is 23.7 Å². The van der Waals surface area contributed by atoms with E-state index in [1.54, 1.807) is 18.3 Å². The molecule has 0 aliphatic heterocycles. The van der Waals surface area contributed by atoms with E-state index in [4.69, 9.17) is 11.6 Å². The number of rotatable bonds is 4. The van der Waals surface area contributed by atoms with Gasteiger partial charge in [-0.3, -0.25) is 9.89 Å². The zero-order chi connectivity index (χ0) is 16.4. The van der Waals surface area contributed by atoms with Crippen LogP contribution in [0.25, 0.3) is 10.9 Å². The minimum Gasteiger partial charge on any atom is -0.323 e. The fourth-order valence-electron chi connectivity index (χ4n) is 2.16. The van der Waals surface area contributed by atoms with Crippen LogP contribution in [0, 0.1) is 0 Å². The Morgan fingerprint density at radius 1 is 1.17 bits per heavy atom. The van der Waals surface area contributed by atoms with E-state index >= 15 is 0 Å². The molecule has 8 heteroatoms. The highest BCUT2D eigenvalue weighted by Gasteiger charge is 2.20. The van der Waals surface area contributed by atoms with Gasteiger partial charge >= 0.3 is 0 Å². The Hall–Kier alpha value is -2.38. The third-order valence-corrected chi connectivity index (χ3v) is 5.13. The molecule has 0 atom stereocenters. The van der Waals surface area contributed by atoms with Crippen LogP contribution in [0.5, 0.6) is 0 Å². The van der Waals surface area contributed by atoms with Crippen molar-refractivity contribution in [1.82, 2.24) is 10.2 Å². The Balaban J connectivity index is 1.79. The van der Waals surface area contributed by atoms with Gasteiger partial charge in [-0.2, -0.15) is 5.10 Å². The summed E-state index contributed by atoms with van der Waals surface area (Å²) in [7, 11) is -3.73. The highest BCUT2D eigenvalue weighted by Crippen LogP contribution is 2.21. The molecule has 0 bridgehead atoms. The first-order chi connectivity index (χ1) is 11.0. The molecule has 0 unspecified atom stereocenters. The van der Waals surface area contributed by atoms with Crippen molar-refractivity contribution in [3.63, 3.8) is 0 Å². The van der Waals surface area contributed by atoms with E-state index in [1.165, 1.54) is 24.3 Å². The summed E-state index contributed by atoms with van der Waals surface area (Å²) < 4.78 is 24.5. The maximum absolute atomic E-state index is 12.2. The third-order valence-electron chi connectivity index (χ3n) is 3.24. The Kier molecular flexibility index (Phi) is 4.06. The number of anilines is 1. The fraction of sp³-hybridized carbons (Fsp3) is 0.0667. The van der Waals surface area contributed by atoms with Gasteiger partial charge in [0.2, 0.25) is 5.91 Å². The quantitative estimate of drug-likeness (QED) is 0.757. The van der Waals surface area contributed by atoms with Gasteiger partial charge in [-0.25, -0.2) is 8.42 Å². The Labute approximate surface area is 137 Å². The molecule has 1 amide bonds. The molecule has 0 aliphatic carbocycles. The normalized spacial score (nSPS) is 11.5. The number of carbonyl (C=O) groups is 1. The summed E-state index contributed by atoms with van der Waals surface area (Å²) in [6.45, 7) is 0. The highest BCUT2D eigenvalue weighted by atomic mass is 35.5. The van der Waals surface area contributed by atoms with Crippen molar-refractivity contribution in [2.24, 2.45) is 0 Å². The first kappa shape index (κ1) is 15.5. The van der Waals surface area contributed by atoms with Crippen molar-refractivity contribution >= 4 is 43.9 Å². The number of halogens is 1. The number of fused-ring (bicyclic) bond motifs is 1. The lowest BCUT2D eigenvalue weighted by atomic mass is 10.2. The summed E-state index contributed by atoms with van der Waals surface area (Å²) in [5.74, 6) is -1.28. The Morgan fingerprint density at radius 3 is 2.65 bits per heavy atom. The molecule has 0 saturated heterocycles. The molecule has 1 aromatic heterocycles. The minimum absolute atomic E-state index is 0.0526. The number of H-pyrrole nitrogens is 1. The van der Waals surface area contributed by atoms with E-state index in [1.807, 2.05) is 6.07 Å². The van der Waals surface area contributed by atoms with Crippen molar-refractivity contribution < 1.29 is 13.2 Å². The van der Waals surface area contributed by atoms with Crippen LogP contribution >= 0.6 is 11.6 Å². The van der Waals surface area contributed by atoms with Gasteiger partial charge in [0.1, 0.15) is 5.75 Å². The predicted octanol–water partition coefficient (Wildman–Crippen LogP) is 2.63. The summed E-state index contributed by atoms with van der Waals surface area (Å²) in [6, 6.07) is 10.9. The average molecular weight is 350 g/mol. The number of hydrogen-bond donors (Lipinski definition) is 2. The highest BCUT2D eigenvalue weighted by molar-refractivity contribution is 7.92. The van der Waals surface area contributed by atoms with Crippen LogP contribution in [0.15, 0.2) is 53.6 Å². The van der Waals surface area contributed by atoms with Gasteiger partial charge in [0.05, 0.1) is 22.3 Å². The second kappa shape index (κ2) is 6.02. The van der Waals surface area contributed by atoms with Crippen LogP contribution in [0.3, 0.4) is 0 Å². The molecular formula is C15H12ClN3O3S. The van der Waals surface area contributed by atoms with Gasteiger partial charge in [0, 0.05) is 10.4 Å². The standard InChI is InChI=1S/C15H12ClN3O3S/c16-11-4-6-12(7-5-11)23(21,22)9-14(20)18-13-3-1-2-10-8-17-19-15(10)13/h1-8H,9H2,(H,17,19)(H,18,20). The topological polar surface area (TPSA) is 91.9 Å². The van der Waals surface area contributed by atoms with Crippen LogP contribution in [-0.2, 0) is 14.6 Å². The molecule has 1 heterocycles. The van der Waals surface area contributed by atoms with Gasteiger partial charge < -0.3 is 5.32 Å². The monoisotopic (exact) mass is 349 g/mol. The SMILES string of the molecule is O=C(CS(=O)(=O)c1ccc(Cl)cc1)Nc1cccc2cn[nH]c12. The molecule has 0 radical (unpaired) electrons. The number of hydrogen-bond acceptors (Lipinski definition) is 4. The molecule has 6 nitrogen and oxygen atoms in total. The van der Waals surface area contributed by atoms with Crippen LogP contribution in [0.4, 0.5) is 5.69 Å². The van der Waals surface area contributed by atoms with Crippen molar-refractivity contribution in [1.29, 1.82) is 0 Å². The second-order valence-electron chi connectivity index (χ2n) is 4.90. The molecular weight excluding hydrogens is 338 g/mol. The average Bonchev–Trinajstić information content (AvgIpc) is 2.96. The Morgan fingerprint density at radius 2 is 1.91 bits per heavy atom. The number of amides is 1. The number of aromatic amines is 1. The lowest BCUT2D eigenvalue weighted by Gasteiger charge is -2.07. The van der Waals surface area contributed by atoms with E-state index in [9.17, 15) is 13.2 Å². The van der Waals surface area contributed by atoms with Crippen molar-refractivity contribution in [3.8, 4) is 0 Å². The summed E-state index contributed by atoms with van der Waals surface area (Å²) >= 11 is 5.74. The molecule has 3 aromatic rings. The van der Waals surface area contributed by atoms with E-state index in [2.05, 4.69) is 15.5 Å². The third kappa shape index (κ3) is 3.35. The van der Waals surface area contributed by atoms with Crippen LogP contribution < -0.4 is 5.32 Å². The van der Waals surface area contributed by atoms with E-state index in [0.29, 0.717) is 16.2 Å². The molecule has 2 aromatic carbocycles. The van der Waals surface area contributed by atoms with Gasteiger partial charge in [-0.05, 0) is 30.3 Å². The lowest BCUT2D eigenvalue weighted by Crippen LogP contribution is -2.23.